The molecular formula is C18H21N3O. The Morgan fingerprint density at radius 2 is 1.32 bits per heavy atom. The summed E-state index contributed by atoms with van der Waals surface area (Å²) in [6, 6.07) is 20.1. The van der Waals surface area contributed by atoms with E-state index in [1.165, 1.54) is 11.1 Å². The Morgan fingerprint density at radius 1 is 0.864 bits per heavy atom. The summed E-state index contributed by atoms with van der Waals surface area (Å²) in [4.78, 5) is 2.80. The molecule has 0 radical (unpaired) electrons. The second-order valence-corrected chi connectivity index (χ2v) is 5.58. The van der Waals surface area contributed by atoms with Gasteiger partial charge in [-0.15, -0.1) is 0 Å². The number of nitrogens with zero attached hydrogens (tertiary/aromatic N) is 3. The molecule has 0 unspecified atom stereocenters. The van der Waals surface area contributed by atoms with E-state index in [1.807, 2.05) is 60.7 Å². The van der Waals surface area contributed by atoms with Crippen molar-refractivity contribution >= 4 is 0 Å². The van der Waals surface area contributed by atoms with Gasteiger partial charge in [-0.05, 0) is 42.3 Å². The Hall–Kier alpha value is -2.29. The van der Waals surface area contributed by atoms with Gasteiger partial charge in [-0.3, -0.25) is 0 Å². The van der Waals surface area contributed by atoms with Gasteiger partial charge in [0.05, 0.1) is 12.1 Å². The van der Waals surface area contributed by atoms with Gasteiger partial charge in [-0.1, -0.05) is 65.8 Å². The van der Waals surface area contributed by atoms with Gasteiger partial charge in [-0.25, -0.2) is 0 Å². The third-order valence-corrected chi connectivity index (χ3v) is 3.87. The van der Waals surface area contributed by atoms with Crippen molar-refractivity contribution < 1.29 is 5.11 Å². The molecule has 0 amide bonds. The maximum absolute atomic E-state index is 10.8. The van der Waals surface area contributed by atoms with Crippen molar-refractivity contribution in [3.05, 3.63) is 82.2 Å². The molecule has 2 aromatic carbocycles. The van der Waals surface area contributed by atoms with Crippen molar-refractivity contribution in [2.24, 2.45) is 5.11 Å². The first-order chi connectivity index (χ1) is 10.7. The second kappa shape index (κ2) is 8.23. The number of rotatable bonds is 8. The monoisotopic (exact) mass is 295 g/mol. The van der Waals surface area contributed by atoms with Crippen LogP contribution in [0.2, 0.25) is 0 Å². The molecule has 1 N–H and O–H groups in total. The van der Waals surface area contributed by atoms with Gasteiger partial charge in [-0.2, -0.15) is 0 Å². The molecule has 0 heterocycles. The lowest BCUT2D eigenvalue weighted by Crippen LogP contribution is -2.33. The minimum absolute atomic E-state index is 0.114. The molecule has 0 atom stereocenters. The lowest BCUT2D eigenvalue weighted by molar-refractivity contribution is 0.0323. The molecule has 4 heteroatoms. The van der Waals surface area contributed by atoms with Crippen molar-refractivity contribution in [2.45, 2.75) is 31.3 Å². The van der Waals surface area contributed by atoms with E-state index in [4.69, 9.17) is 5.53 Å². The zero-order valence-corrected chi connectivity index (χ0v) is 12.6. The van der Waals surface area contributed by atoms with Gasteiger partial charge in [0, 0.05) is 4.91 Å². The molecule has 0 saturated carbocycles. The van der Waals surface area contributed by atoms with Crippen molar-refractivity contribution in [2.75, 3.05) is 6.54 Å². The third kappa shape index (κ3) is 5.24. The Kier molecular flexibility index (Phi) is 6.01. The number of hydrogen-bond donors (Lipinski definition) is 1. The van der Waals surface area contributed by atoms with E-state index in [0.29, 0.717) is 12.8 Å². The number of aryl methyl sites for hydroxylation is 2. The predicted molar refractivity (Wildman–Crippen MR) is 88.5 cm³/mol. The highest BCUT2D eigenvalue weighted by Gasteiger charge is 2.25. The Balaban J connectivity index is 1.98. The van der Waals surface area contributed by atoms with Crippen molar-refractivity contribution in [3.63, 3.8) is 0 Å². The Morgan fingerprint density at radius 3 is 1.73 bits per heavy atom. The fourth-order valence-corrected chi connectivity index (χ4v) is 2.49. The van der Waals surface area contributed by atoms with Crippen LogP contribution in [0.15, 0.2) is 65.8 Å². The lowest BCUT2D eigenvalue weighted by Gasteiger charge is -2.26. The van der Waals surface area contributed by atoms with Crippen molar-refractivity contribution in [3.8, 4) is 0 Å². The summed E-state index contributed by atoms with van der Waals surface area (Å²) < 4.78 is 0. The largest absolute Gasteiger partial charge is 0.390 e. The summed E-state index contributed by atoms with van der Waals surface area (Å²) in [7, 11) is 0. The zero-order valence-electron chi connectivity index (χ0n) is 12.6. The van der Waals surface area contributed by atoms with E-state index in [1.54, 1.807) is 0 Å². The number of hydrogen-bond acceptors (Lipinski definition) is 2. The predicted octanol–water partition coefficient (Wildman–Crippen LogP) is 4.29. The fourth-order valence-electron chi connectivity index (χ4n) is 2.49. The van der Waals surface area contributed by atoms with Crippen LogP contribution in [0.25, 0.3) is 10.4 Å². The van der Waals surface area contributed by atoms with Gasteiger partial charge in [0.15, 0.2) is 0 Å². The van der Waals surface area contributed by atoms with Crippen LogP contribution in [0.3, 0.4) is 0 Å². The highest BCUT2D eigenvalue weighted by molar-refractivity contribution is 5.16. The number of aliphatic hydroxyl groups is 1. The first kappa shape index (κ1) is 16.1. The van der Waals surface area contributed by atoms with Crippen LogP contribution >= 0.6 is 0 Å². The normalized spacial score (nSPS) is 11.0. The molecule has 0 saturated heterocycles. The maximum atomic E-state index is 10.8. The van der Waals surface area contributed by atoms with Crippen LogP contribution in [0, 0.1) is 0 Å². The molecule has 22 heavy (non-hydrogen) atoms. The van der Waals surface area contributed by atoms with Gasteiger partial charge in [0.1, 0.15) is 0 Å². The van der Waals surface area contributed by atoms with Crippen LogP contribution in [0.4, 0.5) is 0 Å². The summed E-state index contributed by atoms with van der Waals surface area (Å²) in [5.74, 6) is 0. The van der Waals surface area contributed by atoms with Crippen LogP contribution in [-0.2, 0) is 12.8 Å². The maximum Gasteiger partial charge on any atom is 0.0710 e. The summed E-state index contributed by atoms with van der Waals surface area (Å²) in [5, 5.41) is 14.4. The standard InChI is InChI=1S/C18H21N3O/c19-21-20-15-18(22,13-11-16-7-3-1-4-8-16)14-12-17-9-5-2-6-10-17/h1-10,22H,11-15H2. The van der Waals surface area contributed by atoms with Gasteiger partial charge >= 0.3 is 0 Å². The fraction of sp³-hybridized carbons (Fsp3) is 0.333. The molecule has 0 spiro atoms. The van der Waals surface area contributed by atoms with Crippen LogP contribution < -0.4 is 0 Å². The highest BCUT2D eigenvalue weighted by Crippen LogP contribution is 2.22. The molecule has 114 valence electrons. The molecule has 0 aliphatic heterocycles. The molecule has 0 aliphatic rings. The molecule has 0 fully saturated rings. The minimum atomic E-state index is -0.960. The quantitative estimate of drug-likeness (QED) is 0.440. The summed E-state index contributed by atoms with van der Waals surface area (Å²) in [6.45, 7) is 0.114. The first-order valence-corrected chi connectivity index (χ1v) is 7.53. The van der Waals surface area contributed by atoms with E-state index >= 15 is 0 Å². The van der Waals surface area contributed by atoms with E-state index in [9.17, 15) is 5.11 Å². The van der Waals surface area contributed by atoms with Crippen molar-refractivity contribution in [1.82, 2.24) is 0 Å². The average molecular weight is 295 g/mol. The van der Waals surface area contributed by atoms with E-state index < -0.39 is 5.60 Å². The number of benzene rings is 2. The first-order valence-electron chi connectivity index (χ1n) is 7.53. The smallest absolute Gasteiger partial charge is 0.0710 e. The third-order valence-electron chi connectivity index (χ3n) is 3.87. The van der Waals surface area contributed by atoms with Gasteiger partial charge in [0.25, 0.3) is 0 Å². The highest BCUT2D eigenvalue weighted by atomic mass is 16.3. The molecular weight excluding hydrogens is 274 g/mol. The molecule has 0 aliphatic carbocycles. The van der Waals surface area contributed by atoms with Crippen LogP contribution in [-0.4, -0.2) is 17.3 Å². The van der Waals surface area contributed by atoms with Gasteiger partial charge in [0.2, 0.25) is 0 Å². The zero-order chi connectivity index (χ0) is 15.7. The van der Waals surface area contributed by atoms with Crippen LogP contribution in [0.5, 0.6) is 0 Å². The van der Waals surface area contributed by atoms with Gasteiger partial charge < -0.3 is 5.11 Å². The Bertz CT molecular complexity index is 563. The molecule has 0 bridgehead atoms. The molecule has 2 rings (SSSR count). The summed E-state index contributed by atoms with van der Waals surface area (Å²) in [5.41, 5.74) is 9.95. The minimum Gasteiger partial charge on any atom is -0.390 e. The van der Waals surface area contributed by atoms with E-state index in [-0.39, 0.29) is 6.54 Å². The summed E-state index contributed by atoms with van der Waals surface area (Å²) in [6.07, 6.45) is 2.71. The number of azide groups is 1. The van der Waals surface area contributed by atoms with E-state index in [2.05, 4.69) is 10.0 Å². The lowest BCUT2D eigenvalue weighted by atomic mass is 9.89. The second-order valence-electron chi connectivity index (χ2n) is 5.58. The van der Waals surface area contributed by atoms with Crippen LogP contribution in [0.1, 0.15) is 24.0 Å². The molecule has 0 aromatic heterocycles. The average Bonchev–Trinajstić information content (AvgIpc) is 2.59. The summed E-state index contributed by atoms with van der Waals surface area (Å²) >= 11 is 0. The Labute approximate surface area is 131 Å². The van der Waals surface area contributed by atoms with Crippen molar-refractivity contribution in [1.29, 1.82) is 0 Å². The topological polar surface area (TPSA) is 69.0 Å². The SMILES string of the molecule is [N-]=[N+]=NCC(O)(CCc1ccccc1)CCc1ccccc1. The van der Waals surface area contributed by atoms with E-state index in [0.717, 1.165) is 12.8 Å². The molecule has 4 nitrogen and oxygen atoms in total. The molecule has 2 aromatic rings.